The first kappa shape index (κ1) is 9.42. The molecule has 0 saturated carbocycles. The maximum absolute atomic E-state index is 4.05. The highest BCUT2D eigenvalue weighted by Crippen LogP contribution is 2.10. The predicted molar refractivity (Wildman–Crippen MR) is 52.3 cm³/mol. The first-order valence-corrected chi connectivity index (χ1v) is 4.52. The van der Waals surface area contributed by atoms with E-state index in [2.05, 4.69) is 35.5 Å². The van der Waals surface area contributed by atoms with Gasteiger partial charge in [-0.15, -0.1) is 0 Å². The molecule has 0 unspecified atom stereocenters. The second kappa shape index (κ2) is 4.38. The highest BCUT2D eigenvalue weighted by atomic mass is 15.2. The molecule has 0 amide bonds. The normalized spacial score (nSPS) is 19.8. The molecular formula is C9H17N3. The lowest BCUT2D eigenvalue weighted by Crippen LogP contribution is -2.56. The van der Waals surface area contributed by atoms with Gasteiger partial charge in [0, 0.05) is 18.8 Å². The van der Waals surface area contributed by atoms with Crippen LogP contribution in [0.15, 0.2) is 17.3 Å². The molecule has 0 spiro atoms. The van der Waals surface area contributed by atoms with E-state index < -0.39 is 0 Å². The molecule has 1 heterocycles. The highest BCUT2D eigenvalue weighted by Gasteiger charge is 2.24. The molecule has 68 valence electrons. The molecule has 0 radical (unpaired) electrons. The van der Waals surface area contributed by atoms with Crippen LogP contribution in [0.5, 0.6) is 0 Å². The summed E-state index contributed by atoms with van der Waals surface area (Å²) in [5, 5.41) is 6.82. The fourth-order valence-electron chi connectivity index (χ4n) is 1.45. The van der Waals surface area contributed by atoms with Crippen LogP contribution in [0.4, 0.5) is 0 Å². The van der Waals surface area contributed by atoms with Gasteiger partial charge >= 0.3 is 0 Å². The van der Waals surface area contributed by atoms with E-state index in [0.29, 0.717) is 0 Å². The second-order valence-electron chi connectivity index (χ2n) is 2.88. The Morgan fingerprint density at radius 2 is 2.00 bits per heavy atom. The van der Waals surface area contributed by atoms with Gasteiger partial charge in [0.15, 0.2) is 0 Å². The van der Waals surface area contributed by atoms with Crippen molar-refractivity contribution in [3.63, 3.8) is 0 Å². The maximum atomic E-state index is 4.05. The lowest BCUT2D eigenvalue weighted by Gasteiger charge is -2.32. The van der Waals surface area contributed by atoms with Crippen LogP contribution in [-0.2, 0) is 0 Å². The molecule has 3 heteroatoms. The predicted octanol–water partition coefficient (Wildman–Crippen LogP) is 0.890. The minimum Gasteiger partial charge on any atom is -0.296 e. The van der Waals surface area contributed by atoms with Crippen LogP contribution in [-0.4, -0.2) is 25.0 Å². The molecule has 1 rings (SSSR count). The summed E-state index contributed by atoms with van der Waals surface area (Å²) in [5.41, 5.74) is -0.0503. The van der Waals surface area contributed by atoms with Gasteiger partial charge in [0.25, 0.3) is 0 Å². The van der Waals surface area contributed by atoms with Crippen LogP contribution in [0.25, 0.3) is 0 Å². The first-order chi connectivity index (χ1) is 5.83. The molecule has 0 aromatic rings. The molecule has 2 N–H and O–H groups in total. The maximum Gasteiger partial charge on any atom is 0.0947 e. The Labute approximate surface area is 74.0 Å². The third-order valence-electron chi connectivity index (χ3n) is 1.95. The Balaban J connectivity index is 2.59. The summed E-state index contributed by atoms with van der Waals surface area (Å²) in [5.74, 6) is 0. The molecule has 1 aliphatic rings. The number of rotatable bonds is 4. The number of aliphatic imine (C=N–C) groups is 1. The molecule has 12 heavy (non-hydrogen) atoms. The summed E-state index contributed by atoms with van der Waals surface area (Å²) in [6, 6.07) is 0. The second-order valence-corrected chi connectivity index (χ2v) is 2.88. The summed E-state index contributed by atoms with van der Waals surface area (Å²) in [7, 11) is 0. The summed E-state index contributed by atoms with van der Waals surface area (Å²) < 4.78 is 0. The molecule has 0 aromatic carbocycles. The third-order valence-corrected chi connectivity index (χ3v) is 1.95. The summed E-state index contributed by atoms with van der Waals surface area (Å²) >= 11 is 0. The Morgan fingerprint density at radius 1 is 1.33 bits per heavy atom. The molecule has 0 aromatic heterocycles. The third kappa shape index (κ3) is 2.16. The van der Waals surface area contributed by atoms with Gasteiger partial charge in [-0.1, -0.05) is 13.8 Å². The quantitative estimate of drug-likeness (QED) is 0.610. The number of nitrogens with zero attached hydrogens (tertiary/aromatic N) is 1. The number of likely N-dealkylation sites (N-methyl/N-ethyl adjacent to an activating group) is 2. The molecule has 0 atom stereocenters. The molecule has 0 fully saturated rings. The van der Waals surface area contributed by atoms with Gasteiger partial charge in [-0.05, 0) is 19.2 Å². The van der Waals surface area contributed by atoms with Gasteiger partial charge in [-0.2, -0.15) is 0 Å². The van der Waals surface area contributed by atoms with Gasteiger partial charge in [0.1, 0.15) is 0 Å². The fraction of sp³-hybridized carbons (Fsp3) is 0.667. The van der Waals surface area contributed by atoms with Crippen molar-refractivity contribution < 1.29 is 0 Å². The molecule has 0 bridgehead atoms. The van der Waals surface area contributed by atoms with Crippen molar-refractivity contribution in [1.29, 1.82) is 0 Å². The van der Waals surface area contributed by atoms with E-state index >= 15 is 0 Å². The Kier molecular flexibility index (Phi) is 3.44. The van der Waals surface area contributed by atoms with E-state index in [1.54, 1.807) is 0 Å². The van der Waals surface area contributed by atoms with Crippen molar-refractivity contribution in [3.8, 4) is 0 Å². The Hall–Kier alpha value is -0.670. The van der Waals surface area contributed by atoms with E-state index in [-0.39, 0.29) is 5.66 Å². The van der Waals surface area contributed by atoms with E-state index in [1.165, 1.54) is 0 Å². The SMILES string of the molecule is CCNC1(NCC)C=CN=CC1. The van der Waals surface area contributed by atoms with Crippen molar-refractivity contribution in [2.24, 2.45) is 4.99 Å². The zero-order valence-corrected chi connectivity index (χ0v) is 7.80. The summed E-state index contributed by atoms with van der Waals surface area (Å²) in [6.07, 6.45) is 6.78. The van der Waals surface area contributed by atoms with E-state index in [9.17, 15) is 0 Å². The van der Waals surface area contributed by atoms with Crippen molar-refractivity contribution >= 4 is 6.21 Å². The Bertz CT molecular complexity index is 178. The van der Waals surface area contributed by atoms with Gasteiger partial charge in [-0.25, -0.2) is 0 Å². The largest absolute Gasteiger partial charge is 0.296 e. The molecule has 0 saturated heterocycles. The zero-order chi connectivity index (χ0) is 8.86. The topological polar surface area (TPSA) is 36.4 Å². The smallest absolute Gasteiger partial charge is 0.0947 e. The molecule has 3 nitrogen and oxygen atoms in total. The van der Waals surface area contributed by atoms with Gasteiger partial charge in [0.05, 0.1) is 5.66 Å². The average molecular weight is 167 g/mol. The van der Waals surface area contributed by atoms with Crippen LogP contribution in [0, 0.1) is 0 Å². The van der Waals surface area contributed by atoms with E-state index in [4.69, 9.17) is 0 Å². The van der Waals surface area contributed by atoms with Gasteiger partial charge < -0.3 is 0 Å². The molecular weight excluding hydrogens is 150 g/mol. The average Bonchev–Trinajstić information content (AvgIpc) is 2.07. The summed E-state index contributed by atoms with van der Waals surface area (Å²) in [4.78, 5) is 4.05. The summed E-state index contributed by atoms with van der Waals surface area (Å²) in [6.45, 7) is 6.15. The van der Waals surface area contributed by atoms with E-state index in [1.807, 2.05) is 12.4 Å². The van der Waals surface area contributed by atoms with E-state index in [0.717, 1.165) is 19.5 Å². The number of nitrogens with one attached hydrogen (secondary N) is 2. The van der Waals surface area contributed by atoms with Crippen molar-refractivity contribution in [2.75, 3.05) is 13.1 Å². The van der Waals surface area contributed by atoms with Gasteiger partial charge in [0.2, 0.25) is 0 Å². The van der Waals surface area contributed by atoms with Crippen LogP contribution < -0.4 is 10.6 Å². The minimum atomic E-state index is -0.0503. The van der Waals surface area contributed by atoms with Crippen molar-refractivity contribution in [3.05, 3.63) is 12.3 Å². The Morgan fingerprint density at radius 3 is 2.42 bits per heavy atom. The van der Waals surface area contributed by atoms with Crippen molar-refractivity contribution in [1.82, 2.24) is 10.6 Å². The highest BCUT2D eigenvalue weighted by molar-refractivity contribution is 5.62. The number of hydrogen-bond acceptors (Lipinski definition) is 3. The van der Waals surface area contributed by atoms with Crippen molar-refractivity contribution in [2.45, 2.75) is 25.9 Å². The minimum absolute atomic E-state index is 0.0503. The molecule has 0 aliphatic carbocycles. The number of hydrogen-bond donors (Lipinski definition) is 2. The lowest BCUT2D eigenvalue weighted by atomic mass is 10.1. The van der Waals surface area contributed by atoms with Crippen LogP contribution in [0.1, 0.15) is 20.3 Å². The van der Waals surface area contributed by atoms with Crippen LogP contribution >= 0.6 is 0 Å². The standard InChI is InChI=1S/C9H17N3/c1-3-11-9(12-4-2)5-7-10-8-6-9/h5,7-8,11-12H,3-4,6H2,1-2H3. The lowest BCUT2D eigenvalue weighted by molar-refractivity contribution is 0.347. The van der Waals surface area contributed by atoms with Crippen LogP contribution in [0.2, 0.25) is 0 Å². The van der Waals surface area contributed by atoms with Gasteiger partial charge in [-0.3, -0.25) is 15.6 Å². The zero-order valence-electron chi connectivity index (χ0n) is 7.80. The first-order valence-electron chi connectivity index (χ1n) is 4.52. The monoisotopic (exact) mass is 167 g/mol. The fourth-order valence-corrected chi connectivity index (χ4v) is 1.45. The van der Waals surface area contributed by atoms with Crippen LogP contribution in [0.3, 0.4) is 0 Å². The molecule has 1 aliphatic heterocycles.